The van der Waals surface area contributed by atoms with E-state index in [1.807, 2.05) is 0 Å². The molecule has 4 N–H and O–H groups in total. The molecule has 1 heterocycles. The first-order valence-electron chi connectivity index (χ1n) is 5.20. The van der Waals surface area contributed by atoms with E-state index < -0.39 is 15.5 Å². The highest BCUT2D eigenvalue weighted by Crippen LogP contribution is 2.25. The zero-order valence-corrected chi connectivity index (χ0v) is 10.4. The summed E-state index contributed by atoms with van der Waals surface area (Å²) < 4.78 is 31.6. The lowest BCUT2D eigenvalue weighted by Gasteiger charge is -2.21. The van der Waals surface area contributed by atoms with Gasteiger partial charge < -0.3 is 11.1 Å². The van der Waals surface area contributed by atoms with Crippen molar-refractivity contribution in [3.05, 3.63) is 41.5 Å². The molecule has 0 saturated heterocycles. The SMILES string of the molecule is N#CC1=C(c2ccccc2)NC(N)=NC1S(=O)(=O)O. The first kappa shape index (κ1) is 13.1. The fourth-order valence-electron chi connectivity index (χ4n) is 1.70. The number of aliphatic imine (C=N–C) groups is 1. The van der Waals surface area contributed by atoms with Gasteiger partial charge in [-0.05, 0) is 5.56 Å². The summed E-state index contributed by atoms with van der Waals surface area (Å²) in [6.07, 6.45) is 0. The van der Waals surface area contributed by atoms with Gasteiger partial charge in [0, 0.05) is 0 Å². The summed E-state index contributed by atoms with van der Waals surface area (Å²) in [6.45, 7) is 0. The molecule has 0 bridgehead atoms. The lowest BCUT2D eigenvalue weighted by atomic mass is 10.1. The van der Waals surface area contributed by atoms with E-state index in [0.29, 0.717) is 5.56 Å². The molecule has 19 heavy (non-hydrogen) atoms. The van der Waals surface area contributed by atoms with Gasteiger partial charge in [0.1, 0.15) is 6.07 Å². The molecule has 0 fully saturated rings. The molecule has 1 atom stereocenters. The maximum Gasteiger partial charge on any atom is 0.293 e. The number of nitrogens with two attached hydrogens (primary N) is 1. The van der Waals surface area contributed by atoms with E-state index in [4.69, 9.17) is 15.5 Å². The Morgan fingerprint density at radius 2 is 2.00 bits per heavy atom. The van der Waals surface area contributed by atoms with Gasteiger partial charge in [0.2, 0.25) is 5.37 Å². The van der Waals surface area contributed by atoms with Gasteiger partial charge in [-0.3, -0.25) is 4.55 Å². The maximum absolute atomic E-state index is 11.3. The zero-order chi connectivity index (χ0) is 14.0. The van der Waals surface area contributed by atoms with E-state index >= 15 is 0 Å². The van der Waals surface area contributed by atoms with Gasteiger partial charge in [-0.2, -0.15) is 13.7 Å². The van der Waals surface area contributed by atoms with Crippen LogP contribution in [0.4, 0.5) is 0 Å². The number of benzene rings is 1. The Morgan fingerprint density at radius 3 is 2.53 bits per heavy atom. The van der Waals surface area contributed by atoms with Gasteiger partial charge in [-0.1, -0.05) is 30.3 Å². The topological polar surface area (TPSA) is 129 Å². The molecule has 1 aromatic rings. The Morgan fingerprint density at radius 1 is 1.37 bits per heavy atom. The third-order valence-electron chi connectivity index (χ3n) is 2.49. The van der Waals surface area contributed by atoms with Gasteiger partial charge in [-0.25, -0.2) is 4.99 Å². The van der Waals surface area contributed by atoms with Crippen molar-refractivity contribution in [1.82, 2.24) is 5.32 Å². The smallest absolute Gasteiger partial charge is 0.293 e. The summed E-state index contributed by atoms with van der Waals surface area (Å²) in [5, 5.41) is 10.1. The highest BCUT2D eigenvalue weighted by molar-refractivity contribution is 7.86. The summed E-state index contributed by atoms with van der Waals surface area (Å²) in [5.74, 6) is -0.180. The quantitative estimate of drug-likeness (QED) is 0.656. The molecule has 2 rings (SSSR count). The van der Waals surface area contributed by atoms with Crippen LogP contribution in [0.1, 0.15) is 5.56 Å². The Kier molecular flexibility index (Phi) is 3.25. The van der Waals surface area contributed by atoms with Crippen LogP contribution in [0.5, 0.6) is 0 Å². The Bertz CT molecular complexity index is 701. The second-order valence-electron chi connectivity index (χ2n) is 3.77. The van der Waals surface area contributed by atoms with Crippen LogP contribution >= 0.6 is 0 Å². The average molecular weight is 278 g/mol. The van der Waals surface area contributed by atoms with Crippen LogP contribution in [0.25, 0.3) is 5.70 Å². The highest BCUT2D eigenvalue weighted by atomic mass is 32.2. The van der Waals surface area contributed by atoms with Crippen LogP contribution in [0.2, 0.25) is 0 Å². The van der Waals surface area contributed by atoms with E-state index in [9.17, 15) is 8.42 Å². The fraction of sp³-hybridized carbons (Fsp3) is 0.0909. The summed E-state index contributed by atoms with van der Waals surface area (Å²) in [5.41, 5.74) is 6.08. The molecule has 1 aliphatic rings. The molecule has 0 aliphatic carbocycles. The molecule has 1 unspecified atom stereocenters. The average Bonchev–Trinajstić information content (AvgIpc) is 2.37. The number of nitriles is 1. The zero-order valence-electron chi connectivity index (χ0n) is 9.61. The minimum absolute atomic E-state index is 0.180. The molecule has 1 aliphatic heterocycles. The van der Waals surface area contributed by atoms with Crippen molar-refractivity contribution in [2.45, 2.75) is 5.37 Å². The van der Waals surface area contributed by atoms with Crippen LogP contribution in [0.3, 0.4) is 0 Å². The maximum atomic E-state index is 11.3. The number of hydrogen-bond donors (Lipinski definition) is 3. The molecule has 1 aromatic carbocycles. The van der Waals surface area contributed by atoms with Crippen molar-refractivity contribution in [3.8, 4) is 6.07 Å². The molecule has 0 spiro atoms. The standard InChI is InChI=1S/C11H10N4O3S/c12-6-8-9(7-4-2-1-3-5-7)14-11(13)15-10(8)19(16,17)18/h1-5,10H,(H3,13,14,15)(H,16,17,18). The minimum Gasteiger partial charge on any atom is -0.370 e. The second kappa shape index (κ2) is 4.72. The van der Waals surface area contributed by atoms with E-state index in [0.717, 1.165) is 0 Å². The monoisotopic (exact) mass is 278 g/mol. The van der Waals surface area contributed by atoms with Crippen molar-refractivity contribution in [2.75, 3.05) is 0 Å². The third kappa shape index (κ3) is 2.57. The van der Waals surface area contributed by atoms with E-state index in [1.54, 1.807) is 36.4 Å². The number of rotatable bonds is 2. The van der Waals surface area contributed by atoms with Gasteiger partial charge in [0.15, 0.2) is 5.96 Å². The van der Waals surface area contributed by atoms with Gasteiger partial charge in [0.05, 0.1) is 11.3 Å². The van der Waals surface area contributed by atoms with Crippen molar-refractivity contribution >= 4 is 21.8 Å². The first-order chi connectivity index (χ1) is 8.93. The Hall–Kier alpha value is -2.37. The molecule has 7 nitrogen and oxygen atoms in total. The van der Waals surface area contributed by atoms with Crippen molar-refractivity contribution in [3.63, 3.8) is 0 Å². The molecule has 8 heteroatoms. The van der Waals surface area contributed by atoms with Crippen LogP contribution in [0.15, 0.2) is 40.9 Å². The highest BCUT2D eigenvalue weighted by Gasteiger charge is 2.33. The lowest BCUT2D eigenvalue weighted by molar-refractivity contribution is 0.474. The van der Waals surface area contributed by atoms with E-state index in [1.165, 1.54) is 0 Å². The van der Waals surface area contributed by atoms with Crippen LogP contribution in [-0.4, -0.2) is 24.3 Å². The van der Waals surface area contributed by atoms with Gasteiger partial charge in [-0.15, -0.1) is 0 Å². The predicted octanol–water partition coefficient (Wildman–Crippen LogP) is 0.0531. The second-order valence-corrected chi connectivity index (χ2v) is 5.25. The van der Waals surface area contributed by atoms with Crippen molar-refractivity contribution < 1.29 is 13.0 Å². The van der Waals surface area contributed by atoms with Crippen molar-refractivity contribution in [2.24, 2.45) is 10.7 Å². The van der Waals surface area contributed by atoms with Crippen LogP contribution in [-0.2, 0) is 10.1 Å². The molecule has 0 radical (unpaired) electrons. The van der Waals surface area contributed by atoms with Gasteiger partial charge >= 0.3 is 0 Å². The fourth-order valence-corrected chi connectivity index (χ4v) is 2.42. The largest absolute Gasteiger partial charge is 0.370 e. The molecular formula is C11H10N4O3S. The molecule has 98 valence electrons. The summed E-state index contributed by atoms with van der Waals surface area (Å²) in [6, 6.07) is 10.3. The number of guanidine groups is 1. The third-order valence-corrected chi connectivity index (χ3v) is 3.40. The molecular weight excluding hydrogens is 268 g/mol. The van der Waals surface area contributed by atoms with E-state index in [-0.39, 0.29) is 17.2 Å². The number of nitrogens with zero attached hydrogens (tertiary/aromatic N) is 2. The Balaban J connectivity index is 2.64. The first-order valence-corrected chi connectivity index (χ1v) is 6.70. The van der Waals surface area contributed by atoms with Crippen molar-refractivity contribution in [1.29, 1.82) is 5.26 Å². The predicted molar refractivity (Wildman–Crippen MR) is 69.1 cm³/mol. The van der Waals surface area contributed by atoms with Gasteiger partial charge in [0.25, 0.3) is 10.1 Å². The summed E-state index contributed by atoms with van der Waals surface area (Å²) in [4.78, 5) is 3.55. The minimum atomic E-state index is -4.55. The number of hydrogen-bond acceptors (Lipinski definition) is 6. The molecule has 0 saturated carbocycles. The van der Waals surface area contributed by atoms with Crippen LogP contribution < -0.4 is 11.1 Å². The summed E-state index contributed by atoms with van der Waals surface area (Å²) in [7, 11) is -4.55. The lowest BCUT2D eigenvalue weighted by Crippen LogP contribution is -2.39. The molecule has 0 amide bonds. The summed E-state index contributed by atoms with van der Waals surface area (Å²) >= 11 is 0. The van der Waals surface area contributed by atoms with E-state index in [2.05, 4.69) is 10.3 Å². The Labute approximate surface area is 109 Å². The normalized spacial score (nSPS) is 19.4. The number of nitrogens with one attached hydrogen (secondary N) is 1. The molecule has 0 aromatic heterocycles. The van der Waals surface area contributed by atoms with Crippen LogP contribution in [0, 0.1) is 11.3 Å².